The fourth-order valence-electron chi connectivity index (χ4n) is 2.82. The largest absolute Gasteiger partial charge is 0.491 e. The van der Waals surface area contributed by atoms with Crippen LogP contribution >= 0.6 is 0 Å². The fraction of sp³-hybridized carbons (Fsp3) is 0.650. The van der Waals surface area contributed by atoms with Crippen LogP contribution in [0.2, 0.25) is 0 Å². The minimum absolute atomic E-state index is 0.110. The van der Waals surface area contributed by atoms with Gasteiger partial charge in [-0.15, -0.1) is 0 Å². The highest BCUT2D eigenvalue weighted by Gasteiger charge is 2.39. The maximum absolute atomic E-state index is 13.0. The summed E-state index contributed by atoms with van der Waals surface area (Å²) in [6.07, 6.45) is 3.13. The Morgan fingerprint density at radius 2 is 1.92 bits per heavy atom. The molecule has 0 spiro atoms. The summed E-state index contributed by atoms with van der Waals surface area (Å²) in [5.74, 6) is 0.228. The first-order valence-corrected chi connectivity index (χ1v) is 8.86. The summed E-state index contributed by atoms with van der Waals surface area (Å²) in [5, 5.41) is 2.89. The van der Waals surface area contributed by atoms with E-state index in [4.69, 9.17) is 9.47 Å². The zero-order valence-corrected chi connectivity index (χ0v) is 16.0. The van der Waals surface area contributed by atoms with Crippen molar-refractivity contribution in [1.29, 1.82) is 0 Å². The maximum Gasteiger partial charge on any atom is 0.223 e. The molecule has 0 aromatic heterocycles. The molecule has 1 N–H and O–H groups in total. The predicted molar refractivity (Wildman–Crippen MR) is 98.6 cm³/mol. The van der Waals surface area contributed by atoms with Crippen molar-refractivity contribution in [2.45, 2.75) is 40.5 Å². The molecule has 0 aliphatic heterocycles. The van der Waals surface area contributed by atoms with Crippen molar-refractivity contribution >= 4 is 5.91 Å². The Morgan fingerprint density at radius 1 is 1.28 bits per heavy atom. The molecule has 1 rings (SSSR count). The van der Waals surface area contributed by atoms with Gasteiger partial charge in [0.05, 0.1) is 13.2 Å². The molecule has 5 heteroatoms. The number of carbonyl (C=O) groups is 1. The van der Waals surface area contributed by atoms with Crippen LogP contribution in [0.1, 0.15) is 40.5 Å². The van der Waals surface area contributed by atoms with Crippen LogP contribution < -0.4 is 5.32 Å². The Morgan fingerprint density at radius 3 is 2.44 bits per heavy atom. The standard InChI is InChI=1S/C20H32FNO3/c1-14(2)16(4)18(11-15(3)21)25-10-9-24-8-7-22-19(23)17-12-20(5,6)13-17/h11,14,17H,3-4,7-10,12-13H2,1-2,5-6H3,(H,22,23)/b18-11+. The van der Waals surface area contributed by atoms with Crippen molar-refractivity contribution in [2.24, 2.45) is 17.3 Å². The lowest BCUT2D eigenvalue weighted by Crippen LogP contribution is -2.43. The van der Waals surface area contributed by atoms with Crippen LogP contribution in [0, 0.1) is 17.3 Å². The first-order valence-electron chi connectivity index (χ1n) is 8.86. The third kappa shape index (κ3) is 7.86. The number of hydrogen-bond donors (Lipinski definition) is 1. The summed E-state index contributed by atoms with van der Waals surface area (Å²) in [4.78, 5) is 11.9. The van der Waals surface area contributed by atoms with Gasteiger partial charge in [-0.2, -0.15) is 0 Å². The zero-order valence-electron chi connectivity index (χ0n) is 16.0. The van der Waals surface area contributed by atoms with Crippen molar-refractivity contribution in [3.05, 3.63) is 36.4 Å². The van der Waals surface area contributed by atoms with Gasteiger partial charge in [-0.25, -0.2) is 4.39 Å². The smallest absolute Gasteiger partial charge is 0.223 e. The van der Waals surface area contributed by atoms with E-state index in [-0.39, 0.29) is 24.3 Å². The highest BCUT2D eigenvalue weighted by atomic mass is 19.1. The van der Waals surface area contributed by atoms with Crippen LogP contribution in [0.4, 0.5) is 4.39 Å². The lowest BCUT2D eigenvalue weighted by molar-refractivity contribution is -0.131. The van der Waals surface area contributed by atoms with Gasteiger partial charge in [0.15, 0.2) is 0 Å². The molecule has 1 aliphatic carbocycles. The SMILES string of the molecule is C=C(F)/C=C(/OCCOCCNC(=O)C1CC(C)(C)C1)C(=C)C(C)C. The van der Waals surface area contributed by atoms with Crippen molar-refractivity contribution in [3.8, 4) is 0 Å². The Kier molecular flexibility index (Phi) is 8.36. The van der Waals surface area contributed by atoms with Crippen molar-refractivity contribution in [3.63, 3.8) is 0 Å². The molecule has 0 unspecified atom stereocenters. The average molecular weight is 353 g/mol. The molecule has 0 bridgehead atoms. The lowest BCUT2D eigenvalue weighted by Gasteiger charge is -2.41. The molecule has 0 heterocycles. The number of carbonyl (C=O) groups excluding carboxylic acids is 1. The van der Waals surface area contributed by atoms with E-state index in [1.807, 2.05) is 13.8 Å². The molecule has 25 heavy (non-hydrogen) atoms. The van der Waals surface area contributed by atoms with Gasteiger partial charge in [-0.1, -0.05) is 40.9 Å². The molecule has 0 atom stereocenters. The molecule has 1 amide bonds. The van der Waals surface area contributed by atoms with Crippen molar-refractivity contribution in [2.75, 3.05) is 26.4 Å². The molecular formula is C20H32FNO3. The lowest BCUT2D eigenvalue weighted by atomic mass is 9.64. The van der Waals surface area contributed by atoms with Gasteiger partial charge in [0, 0.05) is 18.5 Å². The molecule has 142 valence electrons. The minimum Gasteiger partial charge on any atom is -0.491 e. The number of halogens is 1. The van der Waals surface area contributed by atoms with E-state index in [1.54, 1.807) is 0 Å². The van der Waals surface area contributed by atoms with Crippen LogP contribution in [0.25, 0.3) is 0 Å². The quantitative estimate of drug-likeness (QED) is 0.345. The molecular weight excluding hydrogens is 321 g/mol. The third-order valence-corrected chi connectivity index (χ3v) is 4.30. The summed E-state index contributed by atoms with van der Waals surface area (Å²) < 4.78 is 24.0. The molecule has 0 saturated heterocycles. The third-order valence-electron chi connectivity index (χ3n) is 4.30. The Hall–Kier alpha value is -1.62. The summed E-state index contributed by atoms with van der Waals surface area (Å²) in [5.41, 5.74) is 1.01. The van der Waals surface area contributed by atoms with Gasteiger partial charge in [0.2, 0.25) is 5.91 Å². The highest BCUT2D eigenvalue weighted by Crippen LogP contribution is 2.44. The van der Waals surface area contributed by atoms with Gasteiger partial charge < -0.3 is 14.8 Å². The fourth-order valence-corrected chi connectivity index (χ4v) is 2.82. The van der Waals surface area contributed by atoms with E-state index in [2.05, 4.69) is 32.3 Å². The summed E-state index contributed by atoms with van der Waals surface area (Å²) in [6, 6.07) is 0. The predicted octanol–water partition coefficient (Wildman–Crippen LogP) is 4.15. The van der Waals surface area contributed by atoms with Crippen molar-refractivity contribution < 1.29 is 18.7 Å². The first-order chi connectivity index (χ1) is 11.6. The van der Waals surface area contributed by atoms with Gasteiger partial charge in [0.25, 0.3) is 0 Å². The van der Waals surface area contributed by atoms with Gasteiger partial charge in [0.1, 0.15) is 18.2 Å². The number of hydrogen-bond acceptors (Lipinski definition) is 3. The summed E-state index contributed by atoms with van der Waals surface area (Å²) >= 11 is 0. The van der Waals surface area contributed by atoms with Crippen LogP contribution in [0.15, 0.2) is 36.4 Å². The van der Waals surface area contributed by atoms with E-state index in [0.29, 0.717) is 30.9 Å². The van der Waals surface area contributed by atoms with E-state index < -0.39 is 5.83 Å². The second-order valence-electron chi connectivity index (χ2n) is 7.66. The molecule has 0 radical (unpaired) electrons. The molecule has 4 nitrogen and oxygen atoms in total. The van der Waals surface area contributed by atoms with E-state index in [1.165, 1.54) is 6.08 Å². The topological polar surface area (TPSA) is 47.6 Å². The Labute approximate surface area is 151 Å². The number of ether oxygens (including phenoxy) is 2. The Balaban J connectivity index is 2.15. The van der Waals surface area contributed by atoms with Gasteiger partial charge >= 0.3 is 0 Å². The second kappa shape index (κ2) is 9.76. The summed E-state index contributed by atoms with van der Waals surface area (Å²) in [6.45, 7) is 16.9. The van der Waals surface area contributed by atoms with E-state index in [0.717, 1.165) is 18.4 Å². The van der Waals surface area contributed by atoms with Crippen LogP contribution in [-0.4, -0.2) is 32.3 Å². The van der Waals surface area contributed by atoms with Crippen LogP contribution in [0.5, 0.6) is 0 Å². The number of nitrogens with one attached hydrogen (secondary N) is 1. The average Bonchev–Trinajstić information content (AvgIpc) is 2.48. The molecule has 1 aliphatic rings. The zero-order chi connectivity index (χ0) is 19.0. The van der Waals surface area contributed by atoms with Gasteiger partial charge in [-0.05, 0) is 29.7 Å². The minimum atomic E-state index is -0.570. The molecule has 0 aromatic carbocycles. The Bertz CT molecular complexity index is 515. The molecule has 1 fully saturated rings. The number of rotatable bonds is 11. The van der Waals surface area contributed by atoms with E-state index in [9.17, 15) is 9.18 Å². The highest BCUT2D eigenvalue weighted by molar-refractivity contribution is 5.79. The summed E-state index contributed by atoms with van der Waals surface area (Å²) in [7, 11) is 0. The van der Waals surface area contributed by atoms with E-state index >= 15 is 0 Å². The first kappa shape index (κ1) is 21.4. The molecule has 0 aromatic rings. The van der Waals surface area contributed by atoms with Gasteiger partial charge in [-0.3, -0.25) is 4.79 Å². The molecule has 1 saturated carbocycles. The number of allylic oxidation sites excluding steroid dienone is 3. The second-order valence-corrected chi connectivity index (χ2v) is 7.66. The van der Waals surface area contributed by atoms with Crippen LogP contribution in [-0.2, 0) is 14.3 Å². The maximum atomic E-state index is 13.0. The normalized spacial score (nSPS) is 17.1. The monoisotopic (exact) mass is 353 g/mol. The van der Waals surface area contributed by atoms with Crippen molar-refractivity contribution in [1.82, 2.24) is 5.32 Å². The number of amides is 1. The van der Waals surface area contributed by atoms with Crippen LogP contribution in [0.3, 0.4) is 0 Å².